The van der Waals surface area contributed by atoms with Gasteiger partial charge in [0.05, 0.1) is 16.9 Å². The molecule has 3 aliphatic heterocycles. The molecular weight excluding hydrogens is 1020 g/mol. The molecule has 14 rings (SSSR count). The monoisotopic (exact) mass is 1090 g/mol. The summed E-state index contributed by atoms with van der Waals surface area (Å²) >= 11 is 0. The van der Waals surface area contributed by atoms with E-state index in [0.717, 1.165) is 24.1 Å². The summed E-state index contributed by atoms with van der Waals surface area (Å²) < 4.78 is 0. The Hall–Kier alpha value is -8.41. The van der Waals surface area contributed by atoms with Crippen molar-refractivity contribution in [2.45, 2.75) is 129 Å². The second-order valence-electron chi connectivity index (χ2n) is 28.0. The number of pyridine rings is 1. The van der Waals surface area contributed by atoms with Gasteiger partial charge in [0.1, 0.15) is 0 Å². The molecule has 0 radical (unpaired) electrons. The fourth-order valence-electron chi connectivity index (χ4n) is 14.9. The normalized spacial score (nSPS) is 18.0. The molecule has 84 heavy (non-hydrogen) atoms. The molecule has 0 bridgehead atoms. The van der Waals surface area contributed by atoms with Crippen LogP contribution in [-0.2, 0) is 21.7 Å². The number of anilines is 8. The van der Waals surface area contributed by atoms with Crippen LogP contribution in [0, 0.1) is 0 Å². The van der Waals surface area contributed by atoms with Crippen LogP contribution in [0.25, 0.3) is 44.5 Å². The van der Waals surface area contributed by atoms with Crippen LogP contribution >= 0.6 is 0 Å². The first-order chi connectivity index (χ1) is 40.3. The van der Waals surface area contributed by atoms with E-state index in [4.69, 9.17) is 0 Å². The molecule has 0 amide bonds. The molecule has 2 atom stereocenters. The number of benzene rings is 9. The molecule has 0 spiro atoms. The van der Waals surface area contributed by atoms with Gasteiger partial charge in [-0.15, -0.1) is 0 Å². The predicted octanol–water partition coefficient (Wildman–Crippen LogP) is 19.5. The molecule has 5 heteroatoms. The summed E-state index contributed by atoms with van der Waals surface area (Å²) in [6, 6.07) is 79.5. The van der Waals surface area contributed by atoms with Gasteiger partial charge in [-0.25, -0.2) is 0 Å². The second kappa shape index (κ2) is 19.6. The first-order valence-electron chi connectivity index (χ1n) is 30.7. The van der Waals surface area contributed by atoms with E-state index in [1.807, 2.05) is 12.4 Å². The molecule has 1 saturated carbocycles. The summed E-state index contributed by atoms with van der Waals surface area (Å²) in [5, 5.41) is 0. The third-order valence-electron chi connectivity index (χ3n) is 19.8. The maximum absolute atomic E-state index is 4.60. The largest absolute Gasteiger partial charge is 0.334 e. The number of aromatic nitrogens is 1. The lowest BCUT2D eigenvalue weighted by atomic mass is 9.33. The van der Waals surface area contributed by atoms with Gasteiger partial charge in [-0.1, -0.05) is 222 Å². The molecule has 1 aliphatic carbocycles. The average molecular weight is 1090 g/mol. The van der Waals surface area contributed by atoms with E-state index in [2.05, 4.69) is 302 Å². The van der Waals surface area contributed by atoms with Crippen LogP contribution in [0.5, 0.6) is 0 Å². The highest BCUT2D eigenvalue weighted by Crippen LogP contribution is 2.63. The van der Waals surface area contributed by atoms with Crippen molar-refractivity contribution in [3.63, 3.8) is 0 Å². The van der Waals surface area contributed by atoms with Crippen LogP contribution in [0.3, 0.4) is 0 Å². The lowest BCUT2D eigenvalue weighted by molar-refractivity contribution is 0.195. The van der Waals surface area contributed by atoms with Gasteiger partial charge in [-0.3, -0.25) is 4.98 Å². The molecule has 416 valence electrons. The molecule has 0 saturated heterocycles. The number of rotatable bonds is 7. The topological polar surface area (TPSA) is 22.6 Å². The Balaban J connectivity index is 1.15. The summed E-state index contributed by atoms with van der Waals surface area (Å²) in [6.45, 7) is 26.2. The Morgan fingerprint density at radius 1 is 0.393 bits per heavy atom. The minimum Gasteiger partial charge on any atom is -0.334 e. The Morgan fingerprint density at radius 2 is 0.881 bits per heavy atom. The van der Waals surface area contributed by atoms with E-state index in [1.165, 1.54) is 130 Å². The van der Waals surface area contributed by atoms with Crippen LogP contribution in [0.4, 0.5) is 45.5 Å². The van der Waals surface area contributed by atoms with Crippen molar-refractivity contribution < 1.29 is 0 Å². The Labute approximate surface area is 500 Å². The number of fused-ring (bicyclic) bond motifs is 7. The van der Waals surface area contributed by atoms with Gasteiger partial charge in [0, 0.05) is 63.1 Å². The van der Waals surface area contributed by atoms with Gasteiger partial charge in [0.2, 0.25) is 0 Å². The second-order valence-corrected chi connectivity index (χ2v) is 28.0. The molecule has 4 aliphatic rings. The average Bonchev–Trinajstić information content (AvgIpc) is 1.21. The molecule has 4 heterocycles. The van der Waals surface area contributed by atoms with Gasteiger partial charge in [0.15, 0.2) is 0 Å². The van der Waals surface area contributed by atoms with E-state index in [-0.39, 0.29) is 33.9 Å². The first-order valence-corrected chi connectivity index (χ1v) is 30.7. The van der Waals surface area contributed by atoms with Gasteiger partial charge in [-0.2, -0.15) is 0 Å². The number of hydrogen-bond acceptors (Lipinski definition) is 4. The molecule has 4 nitrogen and oxygen atoms in total. The van der Waals surface area contributed by atoms with Crippen LogP contribution in [0.2, 0.25) is 0 Å². The fraction of sp³-hybridized carbons (Fsp3) is 0.253. The van der Waals surface area contributed by atoms with Crippen molar-refractivity contribution in [1.29, 1.82) is 0 Å². The highest BCUT2D eigenvalue weighted by atomic mass is 15.3. The summed E-state index contributed by atoms with van der Waals surface area (Å²) in [6.07, 6.45) is 8.45. The third kappa shape index (κ3) is 8.58. The highest BCUT2D eigenvalue weighted by Gasteiger charge is 2.58. The lowest BCUT2D eigenvalue weighted by Crippen LogP contribution is -2.61. The zero-order valence-corrected chi connectivity index (χ0v) is 51.0. The van der Waals surface area contributed by atoms with E-state index in [0.29, 0.717) is 0 Å². The van der Waals surface area contributed by atoms with Crippen LogP contribution in [-0.4, -0.2) is 17.2 Å². The highest BCUT2D eigenvalue weighted by molar-refractivity contribution is 7.00. The van der Waals surface area contributed by atoms with Crippen molar-refractivity contribution in [1.82, 2.24) is 4.98 Å². The Bertz CT molecular complexity index is 4190. The van der Waals surface area contributed by atoms with Crippen LogP contribution in [0.1, 0.15) is 124 Å². The zero-order chi connectivity index (χ0) is 58.1. The Morgan fingerprint density at radius 3 is 1.44 bits per heavy atom. The van der Waals surface area contributed by atoms with E-state index < -0.39 is 0 Å². The molecule has 1 aromatic heterocycles. The number of hydrogen-bond donors (Lipinski definition) is 0. The minimum atomic E-state index is -0.245. The molecular formula is C79H77BN4. The first kappa shape index (κ1) is 53.6. The van der Waals surface area contributed by atoms with E-state index >= 15 is 0 Å². The van der Waals surface area contributed by atoms with Crippen molar-refractivity contribution in [3.05, 3.63) is 241 Å². The predicted molar refractivity (Wildman–Crippen MR) is 359 cm³/mol. The van der Waals surface area contributed by atoms with Crippen molar-refractivity contribution >= 4 is 68.6 Å². The van der Waals surface area contributed by atoms with Gasteiger partial charge in [-0.05, 0) is 175 Å². The van der Waals surface area contributed by atoms with E-state index in [9.17, 15) is 0 Å². The minimum absolute atomic E-state index is 0.0718. The molecule has 0 N–H and O–H groups in total. The van der Waals surface area contributed by atoms with Crippen molar-refractivity contribution in [2.24, 2.45) is 0 Å². The van der Waals surface area contributed by atoms with Crippen molar-refractivity contribution in [3.8, 4) is 44.5 Å². The molecule has 9 aromatic carbocycles. The van der Waals surface area contributed by atoms with Gasteiger partial charge in [0.25, 0.3) is 6.71 Å². The maximum Gasteiger partial charge on any atom is 0.252 e. The molecule has 2 unspecified atom stereocenters. The molecule has 10 aromatic rings. The third-order valence-corrected chi connectivity index (χ3v) is 19.8. The maximum atomic E-state index is 4.60. The lowest BCUT2D eigenvalue weighted by Gasteiger charge is -2.51. The van der Waals surface area contributed by atoms with Crippen LogP contribution in [0.15, 0.2) is 219 Å². The van der Waals surface area contributed by atoms with E-state index in [1.54, 1.807) is 0 Å². The summed E-state index contributed by atoms with van der Waals surface area (Å²) in [5.41, 5.74) is 27.9. The standard InChI is InChI=1S/C79H77BN4/c1-75(2,3)58-33-38-67(62(46-58)53-26-17-13-18-27-53)82-70-40-35-60(77(7,8)9)48-66(70)80-65-36-31-56(52-24-15-12-16-25-52)45-71(65)83(68-39-34-59(76(4,5)6)47-63(68)54-28-19-14-20-29-54)73-50-61(49-72(82)74(73)80)84-69-37-32-55(57-30-23-43-81-51-57)44-64(69)78(10)41-21-22-42-79(78,84)11/h12-20,23-40,43-51H,21-22,41-42H2,1-11H3. The SMILES string of the molecule is CC(C)(C)c1ccc2c(c1)B1c3ccc(-c4ccccc4)cc3N(c3ccc(C(C)(C)C)cc3-c3ccccc3)c3cc(N4c5ccc(-c6cccnc6)cc5C5(C)CCCCC45C)cc(c31)N2c1ccc(C(C)(C)C)cc1-c1ccccc1. The van der Waals surface area contributed by atoms with Gasteiger partial charge < -0.3 is 14.7 Å². The van der Waals surface area contributed by atoms with Crippen molar-refractivity contribution in [2.75, 3.05) is 14.7 Å². The number of nitrogens with zero attached hydrogens (tertiary/aromatic N) is 4. The summed E-state index contributed by atoms with van der Waals surface area (Å²) in [5.74, 6) is 0. The quantitative estimate of drug-likeness (QED) is 0.148. The molecule has 1 fully saturated rings. The fourth-order valence-corrected chi connectivity index (χ4v) is 14.9. The summed E-state index contributed by atoms with van der Waals surface area (Å²) in [4.78, 5) is 12.8. The Kier molecular flexibility index (Phi) is 12.5. The van der Waals surface area contributed by atoms with Crippen LogP contribution < -0.4 is 31.1 Å². The smallest absolute Gasteiger partial charge is 0.252 e. The zero-order valence-electron chi connectivity index (χ0n) is 51.0. The van der Waals surface area contributed by atoms with Gasteiger partial charge >= 0.3 is 0 Å². The summed E-state index contributed by atoms with van der Waals surface area (Å²) in [7, 11) is 0.